The van der Waals surface area contributed by atoms with Gasteiger partial charge in [-0.05, 0) is 86.1 Å². The van der Waals surface area contributed by atoms with Crippen LogP contribution in [0.15, 0.2) is 96.1 Å². The zero-order valence-electron chi connectivity index (χ0n) is 26.0. The van der Waals surface area contributed by atoms with E-state index in [1.165, 1.54) is 70.7 Å². The van der Waals surface area contributed by atoms with E-state index in [0.29, 0.717) is 11.1 Å². The molecule has 0 saturated carbocycles. The molecule has 0 spiro atoms. The molecule has 4 aromatic rings. The van der Waals surface area contributed by atoms with E-state index in [1.54, 1.807) is 22.3 Å². The Kier molecular flexibility index (Phi) is 6.31. The van der Waals surface area contributed by atoms with Crippen LogP contribution in [0.5, 0.6) is 0 Å². The lowest BCUT2D eigenvalue weighted by Crippen LogP contribution is -2.42. The minimum Gasteiger partial charge on any atom is -0.341 e. The van der Waals surface area contributed by atoms with Crippen LogP contribution >= 0.6 is 0 Å². The zero-order chi connectivity index (χ0) is 29.3. The maximum Gasteiger partial charge on any atom is 0.0722 e. The Balaban J connectivity index is 1.19. The number of aryl methyl sites for hydroxylation is 2. The number of para-hydroxylation sites is 2. The average molecular weight is 579 g/mol. The molecule has 0 N–H and O–H groups in total. The third-order valence-corrected chi connectivity index (χ3v) is 15.3. The minimum absolute atomic E-state index is 0.501. The maximum absolute atomic E-state index is 2.66. The van der Waals surface area contributed by atoms with Gasteiger partial charge in [0.2, 0.25) is 0 Å². The SMILES string of the molecule is CC1=Cc2c(cccc2N2CCCc3ccccc32)C1[Si](C)(C)C1C(C)=Cc2c1cccc2N1CCCc2ccccc21. The highest BCUT2D eigenvalue weighted by Gasteiger charge is 2.47. The fourth-order valence-electron chi connectivity index (χ4n) is 9.25. The van der Waals surface area contributed by atoms with Crippen LogP contribution in [0.2, 0.25) is 13.1 Å². The molecule has 2 aliphatic heterocycles. The van der Waals surface area contributed by atoms with Crippen molar-refractivity contribution in [3.8, 4) is 0 Å². The number of hydrogen-bond acceptors (Lipinski definition) is 2. The van der Waals surface area contributed by atoms with E-state index in [1.807, 2.05) is 0 Å². The summed E-state index contributed by atoms with van der Waals surface area (Å²) >= 11 is 0. The third-order valence-electron chi connectivity index (χ3n) is 10.8. The fraction of sp³-hybridized carbons (Fsp3) is 0.300. The summed E-state index contributed by atoms with van der Waals surface area (Å²) in [6, 6.07) is 32.3. The number of nitrogens with zero attached hydrogens (tertiary/aromatic N) is 2. The molecule has 2 atom stereocenters. The number of allylic oxidation sites excluding steroid dienone is 2. The van der Waals surface area contributed by atoms with Gasteiger partial charge in [-0.2, -0.15) is 0 Å². The van der Waals surface area contributed by atoms with E-state index >= 15 is 0 Å². The van der Waals surface area contributed by atoms with Crippen LogP contribution in [0.25, 0.3) is 12.2 Å². The summed E-state index contributed by atoms with van der Waals surface area (Å²) in [5.41, 5.74) is 18.6. The first-order valence-electron chi connectivity index (χ1n) is 16.3. The van der Waals surface area contributed by atoms with E-state index in [4.69, 9.17) is 0 Å². The van der Waals surface area contributed by atoms with E-state index in [0.717, 1.165) is 13.1 Å². The van der Waals surface area contributed by atoms with Gasteiger partial charge in [-0.3, -0.25) is 0 Å². The van der Waals surface area contributed by atoms with Gasteiger partial charge in [-0.1, -0.05) is 97.1 Å². The fourth-order valence-corrected chi connectivity index (χ4v) is 14.2. The van der Waals surface area contributed by atoms with Crippen LogP contribution in [-0.4, -0.2) is 21.2 Å². The minimum atomic E-state index is -1.93. The molecule has 0 amide bonds. The van der Waals surface area contributed by atoms with Crippen LogP contribution in [0, 0.1) is 0 Å². The lowest BCUT2D eigenvalue weighted by atomic mass is 9.99. The number of hydrogen-bond donors (Lipinski definition) is 0. The number of benzene rings is 4. The molecule has 43 heavy (non-hydrogen) atoms. The Bertz CT molecular complexity index is 1680. The molecular formula is C40H42N2Si. The smallest absolute Gasteiger partial charge is 0.0722 e. The van der Waals surface area contributed by atoms with Crippen molar-refractivity contribution in [2.45, 2.75) is 63.7 Å². The Morgan fingerprint density at radius 3 is 1.42 bits per heavy atom. The lowest BCUT2D eigenvalue weighted by molar-refractivity contribution is 0.766. The van der Waals surface area contributed by atoms with Crippen molar-refractivity contribution in [1.82, 2.24) is 0 Å². The second-order valence-corrected chi connectivity index (χ2v) is 18.6. The monoisotopic (exact) mass is 578 g/mol. The Morgan fingerprint density at radius 1 is 0.535 bits per heavy atom. The zero-order valence-corrected chi connectivity index (χ0v) is 27.0. The predicted octanol–water partition coefficient (Wildman–Crippen LogP) is 10.3. The second-order valence-electron chi connectivity index (χ2n) is 13.8. The second kappa shape index (κ2) is 10.1. The number of fused-ring (bicyclic) bond motifs is 4. The topological polar surface area (TPSA) is 6.48 Å². The van der Waals surface area contributed by atoms with Crippen molar-refractivity contribution >= 4 is 43.0 Å². The van der Waals surface area contributed by atoms with Crippen molar-refractivity contribution in [3.63, 3.8) is 0 Å². The first-order valence-corrected chi connectivity index (χ1v) is 19.4. The summed E-state index contributed by atoms with van der Waals surface area (Å²) in [6.45, 7) is 12.3. The van der Waals surface area contributed by atoms with Crippen molar-refractivity contribution in [1.29, 1.82) is 0 Å². The number of rotatable bonds is 4. The Labute approximate surface area is 258 Å². The molecular weight excluding hydrogens is 537 g/mol. The van der Waals surface area contributed by atoms with Crippen molar-refractivity contribution in [2.75, 3.05) is 22.9 Å². The molecule has 4 aromatic carbocycles. The van der Waals surface area contributed by atoms with Crippen LogP contribution in [0.3, 0.4) is 0 Å². The van der Waals surface area contributed by atoms with Gasteiger partial charge in [0.25, 0.3) is 0 Å². The molecule has 0 aromatic heterocycles. The van der Waals surface area contributed by atoms with E-state index in [-0.39, 0.29) is 0 Å². The molecule has 2 aliphatic carbocycles. The molecule has 2 unspecified atom stereocenters. The summed E-state index contributed by atoms with van der Waals surface area (Å²) in [5, 5.41) is 0. The maximum atomic E-state index is 2.66. The van der Waals surface area contributed by atoms with E-state index < -0.39 is 8.07 Å². The summed E-state index contributed by atoms with van der Waals surface area (Å²) in [4.78, 5) is 5.19. The van der Waals surface area contributed by atoms with Gasteiger partial charge < -0.3 is 9.80 Å². The molecule has 0 bridgehead atoms. The highest BCUT2D eigenvalue weighted by molar-refractivity contribution is 6.81. The largest absolute Gasteiger partial charge is 0.341 e. The Morgan fingerprint density at radius 2 is 0.953 bits per heavy atom. The summed E-state index contributed by atoms with van der Waals surface area (Å²) < 4.78 is 0. The van der Waals surface area contributed by atoms with E-state index in [2.05, 4.69) is 134 Å². The average Bonchev–Trinajstić information content (AvgIpc) is 3.56. The van der Waals surface area contributed by atoms with Crippen LogP contribution in [0.4, 0.5) is 22.7 Å². The molecule has 2 nitrogen and oxygen atoms in total. The Hall–Kier alpha value is -3.82. The van der Waals surface area contributed by atoms with E-state index in [9.17, 15) is 0 Å². The molecule has 2 heterocycles. The molecule has 0 radical (unpaired) electrons. The van der Waals surface area contributed by atoms with Crippen molar-refractivity contribution in [3.05, 3.63) is 129 Å². The van der Waals surface area contributed by atoms with Crippen LogP contribution in [-0.2, 0) is 12.8 Å². The van der Waals surface area contributed by atoms with Gasteiger partial charge in [0.1, 0.15) is 0 Å². The van der Waals surface area contributed by atoms with Crippen molar-refractivity contribution < 1.29 is 0 Å². The molecule has 8 rings (SSSR count). The molecule has 216 valence electrons. The summed E-state index contributed by atoms with van der Waals surface area (Å²) in [5.74, 6) is 0. The lowest BCUT2D eigenvalue weighted by Gasteiger charge is -2.40. The first-order chi connectivity index (χ1) is 20.9. The van der Waals surface area contributed by atoms with Gasteiger partial charge in [0.05, 0.1) is 8.07 Å². The number of anilines is 4. The van der Waals surface area contributed by atoms with Crippen LogP contribution < -0.4 is 9.80 Å². The summed E-state index contributed by atoms with van der Waals surface area (Å²) in [6.07, 6.45) is 9.85. The summed E-state index contributed by atoms with van der Waals surface area (Å²) in [7, 11) is -1.93. The third kappa shape index (κ3) is 4.12. The van der Waals surface area contributed by atoms with Crippen molar-refractivity contribution in [2.24, 2.45) is 0 Å². The highest BCUT2D eigenvalue weighted by atomic mass is 28.3. The standard InChI is InChI=1S/C40H42N2Si/c1-27-25-33-31(17-9-21-37(33)41-23-11-15-29-13-5-7-19-35(29)41)39(27)43(3,4)40-28(2)26-34-32(40)18-10-22-38(34)42-24-12-16-30-14-6-8-20-36(30)42/h5-10,13-14,17-22,25-26,39-40H,11-12,15-16,23-24H2,1-4H3. The van der Waals surface area contributed by atoms with Gasteiger partial charge in [-0.25, -0.2) is 0 Å². The molecule has 0 fully saturated rings. The van der Waals surface area contributed by atoms with Gasteiger partial charge in [0, 0.05) is 58.0 Å². The quantitative estimate of drug-likeness (QED) is 0.222. The molecule has 3 heteroatoms. The highest BCUT2D eigenvalue weighted by Crippen LogP contribution is 2.55. The van der Waals surface area contributed by atoms with Gasteiger partial charge in [0.15, 0.2) is 0 Å². The normalized spacial score (nSPS) is 20.7. The predicted molar refractivity (Wildman–Crippen MR) is 187 cm³/mol. The van der Waals surface area contributed by atoms with Gasteiger partial charge in [-0.15, -0.1) is 0 Å². The van der Waals surface area contributed by atoms with Gasteiger partial charge >= 0.3 is 0 Å². The first kappa shape index (κ1) is 26.8. The molecule has 0 saturated heterocycles. The van der Waals surface area contributed by atoms with Crippen LogP contribution in [0.1, 0.15) is 71.2 Å². The molecule has 4 aliphatic rings.